The van der Waals surface area contributed by atoms with Crippen molar-refractivity contribution in [2.45, 2.75) is 70.7 Å². The van der Waals surface area contributed by atoms with Gasteiger partial charge in [-0.1, -0.05) is 95.3 Å². The number of rotatable bonds is 14. The Balaban J connectivity index is 1.56. The number of aromatic nitrogens is 1. The molecule has 1 heterocycles. The number of amides is 2. The number of thiazole rings is 1. The molecular formula is C35H44N4O6S2. The Kier molecular flexibility index (Phi) is 12.1. The highest BCUT2D eigenvalue weighted by Gasteiger charge is 2.37. The molecular weight excluding hydrogens is 637 g/mol. The molecule has 3 atom stereocenters. The summed E-state index contributed by atoms with van der Waals surface area (Å²) < 4.78 is 35.3. The molecule has 0 aliphatic rings. The van der Waals surface area contributed by atoms with E-state index in [1.54, 1.807) is 17.6 Å². The average Bonchev–Trinajstić information content (AvgIpc) is 3.50. The Morgan fingerprint density at radius 3 is 2.19 bits per heavy atom. The first-order valence-electron chi connectivity index (χ1n) is 15.6. The van der Waals surface area contributed by atoms with Crippen LogP contribution in [0.25, 0.3) is 10.2 Å². The molecule has 0 fully saturated rings. The fourth-order valence-corrected chi connectivity index (χ4v) is 7.57. The SMILES string of the molecule is CC(C)CN(C[C@@H](O)[C@H](Cc1ccccc1)NC(=O)[C@@H](NC(=O)OCc1ccccc1)C(C)(C)C)S(=O)(=O)c1ccc2ncsc2c1. The highest BCUT2D eigenvalue weighted by molar-refractivity contribution is 7.89. The van der Waals surface area contributed by atoms with Crippen molar-refractivity contribution in [1.29, 1.82) is 0 Å². The molecule has 0 aliphatic heterocycles. The van der Waals surface area contributed by atoms with E-state index in [-0.39, 0.29) is 36.9 Å². The predicted octanol–water partition coefficient (Wildman–Crippen LogP) is 5.37. The lowest BCUT2D eigenvalue weighted by Crippen LogP contribution is -2.58. The minimum Gasteiger partial charge on any atom is -0.445 e. The highest BCUT2D eigenvalue weighted by atomic mass is 32.2. The summed E-state index contributed by atoms with van der Waals surface area (Å²) in [6.45, 7) is 9.19. The Bertz CT molecular complexity index is 1720. The Morgan fingerprint density at radius 2 is 1.57 bits per heavy atom. The maximum absolute atomic E-state index is 13.9. The number of sulfonamides is 1. The lowest BCUT2D eigenvalue weighted by molar-refractivity contribution is -0.127. The van der Waals surface area contributed by atoms with Gasteiger partial charge in [0.05, 0.1) is 32.8 Å². The van der Waals surface area contributed by atoms with Crippen LogP contribution in [-0.4, -0.2) is 66.1 Å². The summed E-state index contributed by atoms with van der Waals surface area (Å²) in [7, 11) is -4.01. The van der Waals surface area contributed by atoms with Crippen LogP contribution in [0.4, 0.5) is 4.79 Å². The quantitative estimate of drug-likeness (QED) is 0.163. The van der Waals surface area contributed by atoms with E-state index >= 15 is 0 Å². The second kappa shape index (κ2) is 15.8. The van der Waals surface area contributed by atoms with Crippen LogP contribution in [0.3, 0.4) is 0 Å². The molecule has 12 heteroatoms. The van der Waals surface area contributed by atoms with Crippen molar-refractivity contribution < 1.29 is 27.9 Å². The van der Waals surface area contributed by atoms with Gasteiger partial charge in [0, 0.05) is 13.1 Å². The van der Waals surface area contributed by atoms with Gasteiger partial charge < -0.3 is 20.5 Å². The average molecular weight is 681 g/mol. The topological polar surface area (TPSA) is 138 Å². The van der Waals surface area contributed by atoms with E-state index in [1.165, 1.54) is 21.7 Å². The van der Waals surface area contributed by atoms with Gasteiger partial charge in [0.1, 0.15) is 12.6 Å². The van der Waals surface area contributed by atoms with E-state index in [0.29, 0.717) is 5.52 Å². The normalized spacial score (nSPS) is 14.1. The third-order valence-electron chi connectivity index (χ3n) is 7.59. The van der Waals surface area contributed by atoms with E-state index in [4.69, 9.17) is 4.74 Å². The van der Waals surface area contributed by atoms with Crippen LogP contribution in [-0.2, 0) is 32.6 Å². The van der Waals surface area contributed by atoms with E-state index in [1.807, 2.05) is 95.3 Å². The Labute approximate surface area is 281 Å². The molecule has 10 nitrogen and oxygen atoms in total. The first-order valence-corrected chi connectivity index (χ1v) is 17.9. The van der Waals surface area contributed by atoms with Gasteiger partial charge in [-0.25, -0.2) is 18.2 Å². The summed E-state index contributed by atoms with van der Waals surface area (Å²) >= 11 is 1.35. The van der Waals surface area contributed by atoms with Crippen molar-refractivity contribution in [2.75, 3.05) is 13.1 Å². The van der Waals surface area contributed by atoms with Crippen molar-refractivity contribution in [3.8, 4) is 0 Å². The molecule has 3 aromatic carbocycles. The molecule has 0 bridgehead atoms. The van der Waals surface area contributed by atoms with Crippen LogP contribution >= 0.6 is 11.3 Å². The van der Waals surface area contributed by atoms with E-state index in [0.717, 1.165) is 15.8 Å². The van der Waals surface area contributed by atoms with Crippen LogP contribution in [0.1, 0.15) is 45.7 Å². The Hall–Kier alpha value is -3.84. The zero-order valence-electron chi connectivity index (χ0n) is 27.4. The summed E-state index contributed by atoms with van der Waals surface area (Å²) in [5.74, 6) is -0.564. The molecule has 47 heavy (non-hydrogen) atoms. The second-order valence-electron chi connectivity index (χ2n) is 13.1. The minimum absolute atomic E-state index is 0.0383. The zero-order chi connectivity index (χ0) is 34.2. The molecule has 0 saturated carbocycles. The molecule has 1 aromatic heterocycles. The monoisotopic (exact) mass is 680 g/mol. The van der Waals surface area contributed by atoms with Gasteiger partial charge in [0.15, 0.2) is 0 Å². The molecule has 0 unspecified atom stereocenters. The van der Waals surface area contributed by atoms with E-state index in [9.17, 15) is 23.1 Å². The molecule has 3 N–H and O–H groups in total. The minimum atomic E-state index is -4.01. The zero-order valence-corrected chi connectivity index (χ0v) is 29.1. The van der Waals surface area contributed by atoms with Gasteiger partial charge in [-0.15, -0.1) is 11.3 Å². The number of carbonyl (C=O) groups is 2. The smallest absolute Gasteiger partial charge is 0.408 e. The lowest BCUT2D eigenvalue weighted by atomic mass is 9.85. The van der Waals surface area contributed by atoms with Crippen LogP contribution in [0.5, 0.6) is 0 Å². The van der Waals surface area contributed by atoms with E-state index < -0.39 is 45.6 Å². The number of aliphatic hydroxyl groups is 1. The summed E-state index contributed by atoms with van der Waals surface area (Å²) in [6, 6.07) is 21.4. The van der Waals surface area contributed by atoms with Gasteiger partial charge in [-0.3, -0.25) is 4.79 Å². The second-order valence-corrected chi connectivity index (χ2v) is 15.9. The maximum Gasteiger partial charge on any atom is 0.408 e. The fraction of sp³-hybridized carbons (Fsp3) is 0.400. The van der Waals surface area contributed by atoms with Crippen molar-refractivity contribution >= 4 is 43.6 Å². The summed E-state index contributed by atoms with van der Waals surface area (Å²) in [6.07, 6.45) is -1.81. The number of nitrogens with zero attached hydrogens (tertiary/aromatic N) is 2. The van der Waals surface area contributed by atoms with Gasteiger partial charge >= 0.3 is 6.09 Å². The summed E-state index contributed by atoms with van der Waals surface area (Å²) in [4.78, 5) is 31.0. The van der Waals surface area contributed by atoms with Gasteiger partial charge in [-0.2, -0.15) is 4.31 Å². The molecule has 0 saturated heterocycles. The molecule has 0 radical (unpaired) electrons. The van der Waals surface area contributed by atoms with Crippen LogP contribution in [0.15, 0.2) is 89.3 Å². The number of carbonyl (C=O) groups excluding carboxylic acids is 2. The number of nitrogens with one attached hydrogen (secondary N) is 2. The van der Waals surface area contributed by atoms with Crippen LogP contribution in [0.2, 0.25) is 0 Å². The molecule has 0 aliphatic carbocycles. The number of aliphatic hydroxyl groups excluding tert-OH is 1. The van der Waals surface area contributed by atoms with E-state index in [2.05, 4.69) is 15.6 Å². The number of benzene rings is 3. The molecule has 252 valence electrons. The summed E-state index contributed by atoms with van der Waals surface area (Å²) in [5.41, 5.74) is 3.30. The van der Waals surface area contributed by atoms with Crippen molar-refractivity contribution in [3.05, 3.63) is 95.5 Å². The standard InChI is InChI=1S/C35H44N4O6S2/c1-24(2)20-39(47(43,44)27-16-17-28-31(19-27)46-23-36-28)21-30(40)29(18-25-12-8-6-9-13-25)37-33(41)32(35(3,4)5)38-34(42)45-22-26-14-10-7-11-15-26/h6-17,19,23-24,29-30,32,40H,18,20-22H2,1-5H3,(H,37,41)(H,38,42)/t29-,30+,32+/m0/s1. The highest BCUT2D eigenvalue weighted by Crippen LogP contribution is 2.26. The number of alkyl carbamates (subject to hydrolysis) is 1. The maximum atomic E-state index is 13.9. The number of hydrogen-bond acceptors (Lipinski definition) is 8. The fourth-order valence-electron chi connectivity index (χ4n) is 5.13. The van der Waals surface area contributed by atoms with Crippen molar-refractivity contribution in [1.82, 2.24) is 19.9 Å². The van der Waals surface area contributed by atoms with Gasteiger partial charge in [0.25, 0.3) is 0 Å². The first kappa shape index (κ1) is 36.0. The van der Waals surface area contributed by atoms with Gasteiger partial charge in [-0.05, 0) is 47.1 Å². The van der Waals surface area contributed by atoms with Crippen molar-refractivity contribution in [3.63, 3.8) is 0 Å². The van der Waals surface area contributed by atoms with Crippen molar-refractivity contribution in [2.24, 2.45) is 11.3 Å². The molecule has 4 aromatic rings. The third kappa shape index (κ3) is 10.1. The largest absolute Gasteiger partial charge is 0.445 e. The molecule has 2 amide bonds. The summed E-state index contributed by atoms with van der Waals surface area (Å²) in [5, 5.41) is 17.3. The number of hydrogen-bond donors (Lipinski definition) is 3. The van der Waals surface area contributed by atoms with Crippen LogP contribution in [0, 0.1) is 11.3 Å². The van der Waals surface area contributed by atoms with Gasteiger partial charge in [0.2, 0.25) is 15.9 Å². The third-order valence-corrected chi connectivity index (χ3v) is 10.2. The molecule has 0 spiro atoms. The Morgan fingerprint density at radius 1 is 0.936 bits per heavy atom. The molecule has 4 rings (SSSR count). The predicted molar refractivity (Wildman–Crippen MR) is 184 cm³/mol. The number of ether oxygens (including phenoxy) is 1. The first-order chi connectivity index (χ1) is 22.2. The lowest BCUT2D eigenvalue weighted by Gasteiger charge is -2.34. The van der Waals surface area contributed by atoms with Crippen LogP contribution < -0.4 is 10.6 Å². The number of fused-ring (bicyclic) bond motifs is 1.